The highest BCUT2D eigenvalue weighted by Gasteiger charge is 2.33. The number of fused-ring (bicyclic) bond motifs is 2. The summed E-state index contributed by atoms with van der Waals surface area (Å²) in [5, 5.41) is 28.0. The first kappa shape index (κ1) is 41.7. The summed E-state index contributed by atoms with van der Waals surface area (Å²) in [4.78, 5) is 27.6. The fraction of sp³-hybridized carbons (Fsp3) is 0.682. The third-order valence-corrected chi connectivity index (χ3v) is 10.4. The van der Waals surface area contributed by atoms with Gasteiger partial charge in [-0.25, -0.2) is 0 Å². The van der Waals surface area contributed by atoms with Gasteiger partial charge in [-0.1, -0.05) is 167 Å². The van der Waals surface area contributed by atoms with Gasteiger partial charge in [0.2, 0.25) is 0 Å². The molecule has 0 spiro atoms. The van der Waals surface area contributed by atoms with E-state index in [1.165, 1.54) is 103 Å². The summed E-state index contributed by atoms with van der Waals surface area (Å²) in [6.07, 6.45) is 27.5. The Kier molecular flexibility index (Phi) is 21.1. The van der Waals surface area contributed by atoms with E-state index in [0.29, 0.717) is 59.6 Å². The SMILES string of the molecule is CCCCCCCCCCCCC(O)CCNc1ccc(NCCC(O)CCCCCCCCCCCC)c2c1C(=O)c1ccccc1C2=O. The van der Waals surface area contributed by atoms with Crippen molar-refractivity contribution in [2.24, 2.45) is 0 Å². The Hall–Kier alpha value is -2.70. The van der Waals surface area contributed by atoms with Crippen LogP contribution in [0.3, 0.4) is 0 Å². The Morgan fingerprint density at radius 1 is 0.460 bits per heavy atom. The zero-order valence-corrected chi connectivity index (χ0v) is 31.7. The van der Waals surface area contributed by atoms with Crippen LogP contribution in [0, 0.1) is 0 Å². The van der Waals surface area contributed by atoms with E-state index in [-0.39, 0.29) is 11.6 Å². The van der Waals surface area contributed by atoms with Crippen molar-refractivity contribution in [1.82, 2.24) is 0 Å². The molecule has 4 N–H and O–H groups in total. The summed E-state index contributed by atoms with van der Waals surface area (Å²) in [5.74, 6) is -0.318. The minimum atomic E-state index is -0.391. The van der Waals surface area contributed by atoms with Gasteiger partial charge in [-0.15, -0.1) is 0 Å². The molecule has 1 aliphatic rings. The first-order valence-corrected chi connectivity index (χ1v) is 20.7. The van der Waals surface area contributed by atoms with E-state index >= 15 is 0 Å². The van der Waals surface area contributed by atoms with Crippen LogP contribution in [0.5, 0.6) is 0 Å². The minimum absolute atomic E-state index is 0.159. The molecule has 2 aromatic rings. The lowest BCUT2D eigenvalue weighted by Gasteiger charge is -2.24. The summed E-state index contributed by atoms with van der Waals surface area (Å²) in [5.41, 5.74) is 2.91. The van der Waals surface area contributed by atoms with Gasteiger partial charge < -0.3 is 20.8 Å². The molecule has 280 valence electrons. The number of benzene rings is 2. The van der Waals surface area contributed by atoms with Crippen LogP contribution in [0.1, 0.15) is 200 Å². The maximum absolute atomic E-state index is 13.8. The molecule has 6 heteroatoms. The molecule has 0 aliphatic heterocycles. The molecule has 0 amide bonds. The van der Waals surface area contributed by atoms with Crippen molar-refractivity contribution in [3.63, 3.8) is 0 Å². The predicted octanol–water partition coefficient (Wildman–Crippen LogP) is 11.4. The molecule has 0 radical (unpaired) electrons. The highest BCUT2D eigenvalue weighted by molar-refractivity contribution is 6.31. The predicted molar refractivity (Wildman–Crippen MR) is 211 cm³/mol. The highest BCUT2D eigenvalue weighted by Crippen LogP contribution is 2.36. The number of carbonyl (C=O) groups excluding carboxylic acids is 2. The molecule has 6 nitrogen and oxygen atoms in total. The molecule has 2 unspecified atom stereocenters. The van der Waals surface area contributed by atoms with Crippen LogP contribution in [-0.2, 0) is 0 Å². The van der Waals surface area contributed by atoms with Crippen molar-refractivity contribution in [2.75, 3.05) is 23.7 Å². The van der Waals surface area contributed by atoms with Gasteiger partial charge in [0, 0.05) is 35.6 Å². The van der Waals surface area contributed by atoms with Gasteiger partial charge in [0.15, 0.2) is 11.6 Å². The Balaban J connectivity index is 1.45. The molecule has 1 aliphatic carbocycles. The first-order valence-electron chi connectivity index (χ1n) is 20.7. The molecule has 50 heavy (non-hydrogen) atoms. The third-order valence-electron chi connectivity index (χ3n) is 10.4. The van der Waals surface area contributed by atoms with E-state index in [4.69, 9.17) is 0 Å². The summed E-state index contributed by atoms with van der Waals surface area (Å²) in [7, 11) is 0. The number of carbonyl (C=O) groups is 2. The van der Waals surface area contributed by atoms with Crippen molar-refractivity contribution in [3.05, 3.63) is 58.7 Å². The molecule has 0 heterocycles. The molecule has 0 fully saturated rings. The van der Waals surface area contributed by atoms with E-state index < -0.39 is 12.2 Å². The summed E-state index contributed by atoms with van der Waals surface area (Å²) >= 11 is 0. The van der Waals surface area contributed by atoms with Gasteiger partial charge in [-0.2, -0.15) is 0 Å². The van der Waals surface area contributed by atoms with Crippen LogP contribution in [-0.4, -0.2) is 47.1 Å². The molecule has 0 aromatic heterocycles. The molecule has 0 saturated carbocycles. The van der Waals surface area contributed by atoms with Crippen molar-refractivity contribution in [3.8, 4) is 0 Å². The van der Waals surface area contributed by atoms with Crippen LogP contribution in [0.25, 0.3) is 0 Å². The number of rotatable bonds is 30. The fourth-order valence-corrected chi connectivity index (χ4v) is 7.29. The number of aliphatic hydroxyl groups excluding tert-OH is 2. The summed E-state index contributed by atoms with van der Waals surface area (Å²) in [6, 6.07) is 10.8. The lowest BCUT2D eigenvalue weighted by molar-refractivity contribution is 0.0980. The van der Waals surface area contributed by atoms with Crippen LogP contribution < -0.4 is 10.6 Å². The van der Waals surface area contributed by atoms with Crippen LogP contribution >= 0.6 is 0 Å². The zero-order chi connectivity index (χ0) is 35.8. The maximum Gasteiger partial charge on any atom is 0.196 e. The second-order valence-electron chi connectivity index (χ2n) is 14.8. The average molecular weight is 691 g/mol. The summed E-state index contributed by atoms with van der Waals surface area (Å²) in [6.45, 7) is 5.55. The number of aliphatic hydroxyl groups is 2. The van der Waals surface area contributed by atoms with Crippen molar-refractivity contribution < 1.29 is 19.8 Å². The van der Waals surface area contributed by atoms with E-state index in [2.05, 4.69) is 24.5 Å². The normalized spacial score (nSPS) is 13.6. The number of unbranched alkanes of at least 4 members (excludes halogenated alkanes) is 18. The molecule has 0 bridgehead atoms. The molecule has 3 rings (SSSR count). The smallest absolute Gasteiger partial charge is 0.196 e. The Morgan fingerprint density at radius 3 is 1.12 bits per heavy atom. The molecular formula is C44H70N2O4. The number of anilines is 2. The highest BCUT2D eigenvalue weighted by atomic mass is 16.3. The monoisotopic (exact) mass is 691 g/mol. The van der Waals surface area contributed by atoms with Crippen molar-refractivity contribution in [1.29, 1.82) is 0 Å². The van der Waals surface area contributed by atoms with Gasteiger partial charge >= 0.3 is 0 Å². The number of ketones is 2. The Bertz CT molecular complexity index is 1150. The fourth-order valence-electron chi connectivity index (χ4n) is 7.29. The standard InChI is InChI=1S/C44H70N2O4/c1-3-5-7-9-11-13-15-17-19-21-25-35(47)31-33-45-39-29-30-40(42-41(39)43(49)37-27-23-24-28-38(37)44(42)50)46-34-32-36(48)26-22-20-18-16-14-12-10-8-6-4-2/h23-24,27-30,35-36,45-48H,3-22,25-26,31-34H2,1-2H3. The lowest BCUT2D eigenvalue weighted by Crippen LogP contribution is -2.25. The van der Waals surface area contributed by atoms with Gasteiger partial charge in [0.25, 0.3) is 0 Å². The minimum Gasteiger partial charge on any atom is -0.393 e. The molecule has 2 aromatic carbocycles. The van der Waals surface area contributed by atoms with Gasteiger partial charge in [-0.3, -0.25) is 9.59 Å². The second-order valence-corrected chi connectivity index (χ2v) is 14.8. The van der Waals surface area contributed by atoms with Crippen LogP contribution in [0.2, 0.25) is 0 Å². The van der Waals surface area contributed by atoms with Gasteiger partial charge in [-0.05, 0) is 37.8 Å². The lowest BCUT2D eigenvalue weighted by atomic mass is 9.82. The summed E-state index contributed by atoms with van der Waals surface area (Å²) < 4.78 is 0. The van der Waals surface area contributed by atoms with Crippen LogP contribution in [0.4, 0.5) is 11.4 Å². The average Bonchev–Trinajstić information content (AvgIpc) is 3.12. The topological polar surface area (TPSA) is 98.7 Å². The molecule has 0 saturated heterocycles. The molecular weight excluding hydrogens is 620 g/mol. The molecule has 2 atom stereocenters. The van der Waals surface area contributed by atoms with E-state index in [0.717, 1.165) is 38.5 Å². The van der Waals surface area contributed by atoms with Gasteiger partial charge in [0.1, 0.15) is 0 Å². The van der Waals surface area contributed by atoms with E-state index in [9.17, 15) is 19.8 Å². The number of hydrogen-bond donors (Lipinski definition) is 4. The van der Waals surface area contributed by atoms with Gasteiger partial charge in [0.05, 0.1) is 23.3 Å². The largest absolute Gasteiger partial charge is 0.393 e. The second kappa shape index (κ2) is 25.3. The van der Waals surface area contributed by atoms with Crippen molar-refractivity contribution in [2.45, 2.75) is 180 Å². The van der Waals surface area contributed by atoms with Crippen molar-refractivity contribution >= 4 is 22.9 Å². The van der Waals surface area contributed by atoms with E-state index in [1.807, 2.05) is 12.1 Å². The number of nitrogens with one attached hydrogen (secondary N) is 2. The quantitative estimate of drug-likeness (QED) is 0.0520. The maximum atomic E-state index is 13.8. The van der Waals surface area contributed by atoms with E-state index in [1.54, 1.807) is 24.3 Å². The first-order chi connectivity index (χ1) is 24.5. The van der Waals surface area contributed by atoms with Crippen LogP contribution in [0.15, 0.2) is 36.4 Å². The third kappa shape index (κ3) is 14.9. The number of hydrogen-bond acceptors (Lipinski definition) is 6. The zero-order valence-electron chi connectivity index (χ0n) is 31.7. The Labute approximate surface area is 304 Å². The Morgan fingerprint density at radius 2 is 0.780 bits per heavy atom.